The van der Waals surface area contributed by atoms with Gasteiger partial charge in [-0.1, -0.05) is 35.3 Å². The number of rotatable bonds is 4. The molecule has 1 aliphatic heterocycles. The SMILES string of the molecule is COc1ccc(Cl)cc1NC(=O)C1=C(C)NC(=O)N[C@H]1c1cccc(Cl)c1. The zero-order chi connectivity index (χ0) is 19.6. The van der Waals surface area contributed by atoms with Crippen LogP contribution < -0.4 is 20.7 Å². The molecule has 2 aromatic carbocycles. The van der Waals surface area contributed by atoms with E-state index >= 15 is 0 Å². The number of hydrogen-bond donors (Lipinski definition) is 3. The van der Waals surface area contributed by atoms with Gasteiger partial charge >= 0.3 is 6.03 Å². The van der Waals surface area contributed by atoms with Crippen molar-refractivity contribution >= 4 is 40.8 Å². The van der Waals surface area contributed by atoms with E-state index in [1.54, 1.807) is 49.4 Å². The lowest BCUT2D eigenvalue weighted by atomic mass is 9.95. The summed E-state index contributed by atoms with van der Waals surface area (Å²) in [6.45, 7) is 1.67. The number of halogens is 2. The van der Waals surface area contributed by atoms with Gasteiger partial charge in [0.1, 0.15) is 5.75 Å². The number of carbonyl (C=O) groups is 2. The molecule has 0 unspecified atom stereocenters. The van der Waals surface area contributed by atoms with Crippen molar-refractivity contribution in [3.63, 3.8) is 0 Å². The third-order valence-corrected chi connectivity index (χ3v) is 4.58. The van der Waals surface area contributed by atoms with Gasteiger partial charge in [-0.15, -0.1) is 0 Å². The van der Waals surface area contributed by atoms with Crippen molar-refractivity contribution in [1.82, 2.24) is 10.6 Å². The van der Waals surface area contributed by atoms with Gasteiger partial charge in [-0.2, -0.15) is 0 Å². The summed E-state index contributed by atoms with van der Waals surface area (Å²) >= 11 is 12.1. The van der Waals surface area contributed by atoms with Crippen LogP contribution >= 0.6 is 23.2 Å². The average Bonchev–Trinajstić information content (AvgIpc) is 2.61. The minimum Gasteiger partial charge on any atom is -0.495 e. The molecule has 3 N–H and O–H groups in total. The van der Waals surface area contributed by atoms with Crippen LogP contribution in [-0.2, 0) is 4.79 Å². The lowest BCUT2D eigenvalue weighted by Gasteiger charge is -2.29. The Morgan fingerprint density at radius 2 is 1.89 bits per heavy atom. The molecule has 0 saturated heterocycles. The Labute approximate surface area is 166 Å². The molecule has 140 valence electrons. The predicted octanol–water partition coefficient (Wildman–Crippen LogP) is 4.27. The summed E-state index contributed by atoms with van der Waals surface area (Å²) < 4.78 is 5.27. The maximum absolute atomic E-state index is 13.0. The number of hydrogen-bond acceptors (Lipinski definition) is 3. The van der Waals surface area contributed by atoms with Gasteiger partial charge < -0.3 is 20.7 Å². The molecule has 8 heteroatoms. The third kappa shape index (κ3) is 4.18. The monoisotopic (exact) mass is 405 g/mol. The maximum atomic E-state index is 13.0. The molecule has 2 aromatic rings. The summed E-state index contributed by atoms with van der Waals surface area (Å²) in [7, 11) is 1.50. The van der Waals surface area contributed by atoms with Crippen LogP contribution in [-0.4, -0.2) is 19.0 Å². The van der Waals surface area contributed by atoms with E-state index in [-0.39, 0.29) is 0 Å². The van der Waals surface area contributed by atoms with Crippen LogP contribution in [0.25, 0.3) is 0 Å². The molecule has 0 radical (unpaired) electrons. The number of methoxy groups -OCH3 is 1. The highest BCUT2D eigenvalue weighted by Crippen LogP contribution is 2.32. The summed E-state index contributed by atoms with van der Waals surface area (Å²) in [5.41, 5.74) is 1.93. The summed E-state index contributed by atoms with van der Waals surface area (Å²) in [5.74, 6) is 0.0728. The van der Waals surface area contributed by atoms with Crippen LogP contribution in [0.4, 0.5) is 10.5 Å². The predicted molar refractivity (Wildman–Crippen MR) is 105 cm³/mol. The van der Waals surface area contributed by atoms with E-state index in [0.717, 1.165) is 0 Å². The molecule has 3 rings (SSSR count). The molecule has 0 saturated carbocycles. The smallest absolute Gasteiger partial charge is 0.319 e. The van der Waals surface area contributed by atoms with Crippen LogP contribution in [0.1, 0.15) is 18.5 Å². The molecule has 3 amide bonds. The Balaban J connectivity index is 1.98. The van der Waals surface area contributed by atoms with E-state index < -0.39 is 18.0 Å². The molecule has 6 nitrogen and oxygen atoms in total. The van der Waals surface area contributed by atoms with E-state index in [0.29, 0.717) is 38.3 Å². The summed E-state index contributed by atoms with van der Waals surface area (Å²) in [5, 5.41) is 9.16. The van der Waals surface area contributed by atoms with E-state index in [4.69, 9.17) is 27.9 Å². The summed E-state index contributed by atoms with van der Waals surface area (Å²) in [4.78, 5) is 25.0. The van der Waals surface area contributed by atoms with Crippen LogP contribution in [0.2, 0.25) is 10.0 Å². The Morgan fingerprint density at radius 1 is 1.15 bits per heavy atom. The molecule has 0 bridgehead atoms. The first-order chi connectivity index (χ1) is 12.9. The van der Waals surface area contributed by atoms with Gasteiger partial charge in [0.05, 0.1) is 24.4 Å². The van der Waals surface area contributed by atoms with Crippen LogP contribution in [0.5, 0.6) is 5.75 Å². The fourth-order valence-electron chi connectivity index (χ4n) is 2.90. The molecule has 27 heavy (non-hydrogen) atoms. The Bertz CT molecular complexity index is 944. The maximum Gasteiger partial charge on any atom is 0.319 e. The van der Waals surface area contributed by atoms with Crippen molar-refractivity contribution in [2.24, 2.45) is 0 Å². The van der Waals surface area contributed by atoms with E-state index in [9.17, 15) is 9.59 Å². The standard InChI is InChI=1S/C19H17Cl2N3O3/c1-10-16(18(25)23-14-9-13(21)6-7-15(14)27-2)17(24-19(26)22-10)11-4-3-5-12(20)8-11/h3-9,17H,1-2H3,(H,23,25)(H2,22,24,26)/t17-/m0/s1. The fraction of sp³-hybridized carbons (Fsp3) is 0.158. The Morgan fingerprint density at radius 3 is 2.59 bits per heavy atom. The molecule has 1 aliphatic rings. The van der Waals surface area contributed by atoms with E-state index in [2.05, 4.69) is 16.0 Å². The number of amides is 3. The number of allylic oxidation sites excluding steroid dienone is 1. The highest BCUT2D eigenvalue weighted by Gasteiger charge is 2.31. The minimum atomic E-state index is -0.650. The van der Waals surface area contributed by atoms with Crippen molar-refractivity contribution in [2.75, 3.05) is 12.4 Å². The second kappa shape index (κ2) is 7.90. The van der Waals surface area contributed by atoms with Gasteiger partial charge in [0.15, 0.2) is 0 Å². The van der Waals surface area contributed by atoms with Crippen molar-refractivity contribution in [1.29, 1.82) is 0 Å². The Hall–Kier alpha value is -2.70. The number of urea groups is 1. The highest BCUT2D eigenvalue weighted by atomic mass is 35.5. The lowest BCUT2D eigenvalue weighted by molar-refractivity contribution is -0.113. The Kier molecular flexibility index (Phi) is 5.58. The first kappa shape index (κ1) is 19.1. The topological polar surface area (TPSA) is 79.5 Å². The third-order valence-electron chi connectivity index (χ3n) is 4.11. The molecule has 0 aliphatic carbocycles. The quantitative estimate of drug-likeness (QED) is 0.710. The van der Waals surface area contributed by atoms with Crippen LogP contribution in [0, 0.1) is 0 Å². The minimum absolute atomic E-state index is 0.360. The van der Waals surface area contributed by atoms with Gasteiger partial charge in [-0.3, -0.25) is 4.79 Å². The van der Waals surface area contributed by atoms with Crippen molar-refractivity contribution in [2.45, 2.75) is 13.0 Å². The normalized spacial score (nSPS) is 16.4. The van der Waals surface area contributed by atoms with Gasteiger partial charge in [-0.05, 0) is 42.8 Å². The van der Waals surface area contributed by atoms with Crippen molar-refractivity contribution < 1.29 is 14.3 Å². The molecule has 0 spiro atoms. The number of anilines is 1. The number of benzene rings is 2. The largest absolute Gasteiger partial charge is 0.495 e. The van der Waals surface area contributed by atoms with Gasteiger partial charge in [0.25, 0.3) is 5.91 Å². The lowest BCUT2D eigenvalue weighted by Crippen LogP contribution is -2.46. The van der Waals surface area contributed by atoms with Crippen molar-refractivity contribution in [3.8, 4) is 5.75 Å². The average molecular weight is 406 g/mol. The number of carbonyl (C=O) groups excluding carboxylic acids is 2. The summed E-state index contributed by atoms with van der Waals surface area (Å²) in [6.07, 6.45) is 0. The van der Waals surface area contributed by atoms with Crippen LogP contribution in [0.3, 0.4) is 0 Å². The second-order valence-corrected chi connectivity index (χ2v) is 6.80. The molecule has 1 atom stereocenters. The number of ether oxygens (including phenoxy) is 1. The van der Waals surface area contributed by atoms with Gasteiger partial charge in [-0.25, -0.2) is 4.79 Å². The fourth-order valence-corrected chi connectivity index (χ4v) is 3.27. The molecule has 0 aromatic heterocycles. The second-order valence-electron chi connectivity index (χ2n) is 5.92. The van der Waals surface area contributed by atoms with E-state index in [1.165, 1.54) is 7.11 Å². The molecule has 0 fully saturated rings. The first-order valence-corrected chi connectivity index (χ1v) is 8.83. The van der Waals surface area contributed by atoms with Crippen molar-refractivity contribution in [3.05, 3.63) is 69.3 Å². The van der Waals surface area contributed by atoms with Crippen LogP contribution in [0.15, 0.2) is 53.7 Å². The zero-order valence-electron chi connectivity index (χ0n) is 14.6. The molecule has 1 heterocycles. The first-order valence-electron chi connectivity index (χ1n) is 8.07. The zero-order valence-corrected chi connectivity index (χ0v) is 16.1. The summed E-state index contributed by atoms with van der Waals surface area (Å²) in [6, 6.07) is 10.9. The van der Waals surface area contributed by atoms with Gasteiger partial charge in [0, 0.05) is 15.7 Å². The highest BCUT2D eigenvalue weighted by molar-refractivity contribution is 6.31. The van der Waals surface area contributed by atoms with Gasteiger partial charge in [0.2, 0.25) is 0 Å². The molecular weight excluding hydrogens is 389 g/mol. The van der Waals surface area contributed by atoms with E-state index in [1.807, 2.05) is 0 Å². The number of nitrogens with one attached hydrogen (secondary N) is 3. The molecular formula is C19H17Cl2N3O3.